The second-order valence-corrected chi connectivity index (χ2v) is 4.23. The van der Waals surface area contributed by atoms with Crippen LogP contribution in [-0.2, 0) is 4.79 Å². The highest BCUT2D eigenvalue weighted by molar-refractivity contribution is 7.15. The van der Waals surface area contributed by atoms with Crippen LogP contribution in [0.15, 0.2) is 0 Å². The van der Waals surface area contributed by atoms with Crippen molar-refractivity contribution in [3.63, 3.8) is 0 Å². The first kappa shape index (κ1) is 11.1. The fourth-order valence-corrected chi connectivity index (χ4v) is 1.51. The van der Waals surface area contributed by atoms with Crippen molar-refractivity contribution in [1.82, 2.24) is 10.2 Å². The van der Waals surface area contributed by atoms with E-state index in [0.29, 0.717) is 11.6 Å². The monoisotopic (exact) mass is 214 g/mol. The van der Waals surface area contributed by atoms with Crippen molar-refractivity contribution in [2.24, 2.45) is 5.73 Å². The summed E-state index contributed by atoms with van der Waals surface area (Å²) in [6.45, 7) is 3.79. The zero-order valence-electron chi connectivity index (χ0n) is 8.28. The molecule has 1 atom stereocenters. The van der Waals surface area contributed by atoms with Crippen molar-refractivity contribution < 1.29 is 4.79 Å². The molecule has 0 saturated carbocycles. The highest BCUT2D eigenvalue weighted by Crippen LogP contribution is 2.13. The Hall–Kier alpha value is -1.01. The lowest BCUT2D eigenvalue weighted by Gasteiger charge is -2.06. The van der Waals surface area contributed by atoms with E-state index in [2.05, 4.69) is 15.5 Å². The first-order valence-corrected chi connectivity index (χ1v) is 5.29. The van der Waals surface area contributed by atoms with Gasteiger partial charge in [0.2, 0.25) is 11.0 Å². The van der Waals surface area contributed by atoms with Crippen LogP contribution in [0.1, 0.15) is 24.8 Å². The van der Waals surface area contributed by atoms with Crippen LogP contribution >= 0.6 is 11.3 Å². The minimum Gasteiger partial charge on any atom is -0.327 e. The van der Waals surface area contributed by atoms with Gasteiger partial charge in [0.05, 0.1) is 0 Å². The minimum absolute atomic E-state index is 0.0796. The van der Waals surface area contributed by atoms with Gasteiger partial charge in [0.1, 0.15) is 5.01 Å². The lowest BCUT2D eigenvalue weighted by atomic mass is 10.2. The molecule has 1 aromatic heterocycles. The van der Waals surface area contributed by atoms with E-state index in [-0.39, 0.29) is 11.9 Å². The Kier molecular flexibility index (Phi) is 3.97. The summed E-state index contributed by atoms with van der Waals surface area (Å²) in [4.78, 5) is 11.3. The molecule has 6 heteroatoms. The largest absolute Gasteiger partial charge is 0.327 e. The van der Waals surface area contributed by atoms with E-state index in [9.17, 15) is 4.79 Å². The Morgan fingerprint density at radius 3 is 2.86 bits per heavy atom. The number of amides is 1. The van der Waals surface area contributed by atoms with Gasteiger partial charge in [-0.1, -0.05) is 18.3 Å². The Morgan fingerprint density at radius 2 is 2.36 bits per heavy atom. The molecule has 1 amide bonds. The summed E-state index contributed by atoms with van der Waals surface area (Å²) in [6, 6.07) is -0.0796. The molecule has 1 heterocycles. The summed E-state index contributed by atoms with van der Waals surface area (Å²) in [6.07, 6.45) is 1.12. The van der Waals surface area contributed by atoms with E-state index in [1.807, 2.05) is 13.8 Å². The van der Waals surface area contributed by atoms with Crippen molar-refractivity contribution in [3.8, 4) is 0 Å². The van der Waals surface area contributed by atoms with Crippen molar-refractivity contribution >= 4 is 22.4 Å². The van der Waals surface area contributed by atoms with E-state index in [0.717, 1.165) is 11.4 Å². The van der Waals surface area contributed by atoms with Crippen molar-refractivity contribution in [2.75, 3.05) is 5.32 Å². The Morgan fingerprint density at radius 1 is 1.64 bits per heavy atom. The number of hydrogen-bond acceptors (Lipinski definition) is 5. The molecular weight excluding hydrogens is 200 g/mol. The quantitative estimate of drug-likeness (QED) is 0.780. The molecule has 0 aliphatic carbocycles. The third kappa shape index (κ3) is 3.39. The van der Waals surface area contributed by atoms with Gasteiger partial charge in [-0.3, -0.25) is 4.79 Å². The fraction of sp³-hybridized carbons (Fsp3) is 0.625. The number of carbonyl (C=O) groups excluding carboxylic acids is 1. The molecule has 1 unspecified atom stereocenters. The molecule has 1 rings (SSSR count). The normalized spacial score (nSPS) is 12.5. The molecule has 78 valence electrons. The summed E-state index contributed by atoms with van der Waals surface area (Å²) in [5, 5.41) is 11.6. The lowest BCUT2D eigenvalue weighted by Crippen LogP contribution is -2.26. The highest BCUT2D eigenvalue weighted by Gasteiger charge is 2.09. The number of nitrogens with zero attached hydrogens (tertiary/aromatic N) is 2. The summed E-state index contributed by atoms with van der Waals surface area (Å²) in [7, 11) is 0. The fourth-order valence-electron chi connectivity index (χ4n) is 0.900. The molecular formula is C8H14N4OS. The molecule has 0 spiro atoms. The van der Waals surface area contributed by atoms with Crippen molar-refractivity contribution in [3.05, 3.63) is 5.01 Å². The lowest BCUT2D eigenvalue weighted by molar-refractivity contribution is -0.116. The summed E-state index contributed by atoms with van der Waals surface area (Å²) in [5.74, 6) is -0.101. The average molecular weight is 214 g/mol. The number of aryl methyl sites for hydroxylation is 1. The third-order valence-corrected chi connectivity index (χ3v) is 2.50. The third-order valence-electron chi connectivity index (χ3n) is 1.74. The number of nitrogens with one attached hydrogen (secondary N) is 1. The van der Waals surface area contributed by atoms with E-state index in [1.165, 1.54) is 11.3 Å². The number of hydrogen-bond donors (Lipinski definition) is 2. The predicted octanol–water partition coefficient (Wildman–Crippen LogP) is 0.912. The van der Waals surface area contributed by atoms with Crippen LogP contribution in [0.4, 0.5) is 5.13 Å². The molecule has 5 nitrogen and oxygen atoms in total. The van der Waals surface area contributed by atoms with Crippen molar-refractivity contribution in [1.29, 1.82) is 0 Å². The number of anilines is 1. The molecule has 1 aromatic rings. The second kappa shape index (κ2) is 5.02. The topological polar surface area (TPSA) is 80.9 Å². The Balaban J connectivity index is 2.41. The van der Waals surface area contributed by atoms with E-state index < -0.39 is 0 Å². The van der Waals surface area contributed by atoms with Gasteiger partial charge in [-0.2, -0.15) is 0 Å². The van der Waals surface area contributed by atoms with Crippen LogP contribution in [0.2, 0.25) is 0 Å². The summed E-state index contributed by atoms with van der Waals surface area (Å²) >= 11 is 1.36. The smallest absolute Gasteiger partial charge is 0.227 e. The zero-order chi connectivity index (χ0) is 10.6. The molecule has 0 bridgehead atoms. The van der Waals surface area contributed by atoms with Crippen LogP contribution in [0, 0.1) is 6.92 Å². The Bertz CT molecular complexity index is 312. The summed E-state index contributed by atoms with van der Waals surface area (Å²) in [5.41, 5.74) is 5.64. The first-order valence-electron chi connectivity index (χ1n) is 4.47. The number of nitrogens with two attached hydrogens (primary N) is 1. The molecule has 0 fully saturated rings. The molecule has 14 heavy (non-hydrogen) atoms. The van der Waals surface area contributed by atoms with E-state index >= 15 is 0 Å². The SMILES string of the molecule is CCC(N)CC(=O)Nc1nnc(C)s1. The number of carbonyl (C=O) groups is 1. The van der Waals surface area contributed by atoms with Crippen molar-refractivity contribution in [2.45, 2.75) is 32.7 Å². The van der Waals surface area contributed by atoms with Crippen LogP contribution in [0.5, 0.6) is 0 Å². The van der Waals surface area contributed by atoms with Gasteiger partial charge >= 0.3 is 0 Å². The standard InChI is InChI=1S/C8H14N4OS/c1-3-6(9)4-7(13)10-8-12-11-5(2)14-8/h6H,3-4,9H2,1-2H3,(H,10,12,13). The second-order valence-electron chi connectivity index (χ2n) is 3.05. The van der Waals surface area contributed by atoms with Crippen LogP contribution in [-0.4, -0.2) is 22.1 Å². The van der Waals surface area contributed by atoms with E-state index in [4.69, 9.17) is 5.73 Å². The highest BCUT2D eigenvalue weighted by atomic mass is 32.1. The molecule has 0 aliphatic heterocycles. The predicted molar refractivity (Wildman–Crippen MR) is 56.2 cm³/mol. The molecule has 0 aromatic carbocycles. The molecule has 0 radical (unpaired) electrons. The van der Waals surface area contributed by atoms with E-state index in [1.54, 1.807) is 0 Å². The van der Waals surface area contributed by atoms with Crippen LogP contribution in [0.3, 0.4) is 0 Å². The average Bonchev–Trinajstić information content (AvgIpc) is 2.50. The maximum Gasteiger partial charge on any atom is 0.227 e. The minimum atomic E-state index is -0.101. The zero-order valence-corrected chi connectivity index (χ0v) is 9.10. The van der Waals surface area contributed by atoms with Gasteiger partial charge in [0.15, 0.2) is 0 Å². The molecule has 0 saturated heterocycles. The van der Waals surface area contributed by atoms with Crippen LogP contribution < -0.4 is 11.1 Å². The molecule has 0 aliphatic rings. The maximum absolute atomic E-state index is 11.3. The maximum atomic E-state index is 11.3. The van der Waals surface area contributed by atoms with Gasteiger partial charge in [-0.15, -0.1) is 10.2 Å². The Labute approximate surface area is 86.7 Å². The van der Waals surface area contributed by atoms with Gasteiger partial charge < -0.3 is 11.1 Å². The summed E-state index contributed by atoms with van der Waals surface area (Å²) < 4.78 is 0. The first-order chi connectivity index (χ1) is 6.61. The molecule has 3 N–H and O–H groups in total. The number of aromatic nitrogens is 2. The van der Waals surface area contributed by atoms with Gasteiger partial charge in [-0.05, 0) is 13.3 Å². The van der Waals surface area contributed by atoms with Gasteiger partial charge in [0.25, 0.3) is 0 Å². The van der Waals surface area contributed by atoms with Crippen LogP contribution in [0.25, 0.3) is 0 Å². The van der Waals surface area contributed by atoms with Gasteiger partial charge in [-0.25, -0.2) is 0 Å². The number of rotatable bonds is 4. The van der Waals surface area contributed by atoms with Gasteiger partial charge in [0, 0.05) is 12.5 Å².